The minimum Gasteiger partial charge on any atom is -0.352 e. The number of carbonyl (C=O) groups is 2. The van der Waals surface area contributed by atoms with Crippen molar-refractivity contribution in [2.75, 3.05) is 13.1 Å². The summed E-state index contributed by atoms with van der Waals surface area (Å²) in [6.07, 6.45) is 4.41. The van der Waals surface area contributed by atoms with E-state index in [4.69, 9.17) is 0 Å². The minimum absolute atomic E-state index is 0.0176. The molecule has 1 N–H and O–H groups in total. The molecule has 8 nitrogen and oxygen atoms in total. The summed E-state index contributed by atoms with van der Waals surface area (Å²) in [6, 6.07) is 6.40. The first-order valence-electron chi connectivity index (χ1n) is 9.10. The summed E-state index contributed by atoms with van der Waals surface area (Å²) in [5.41, 5.74) is 0.475. The molecule has 9 heteroatoms. The van der Waals surface area contributed by atoms with Gasteiger partial charge >= 0.3 is 0 Å². The van der Waals surface area contributed by atoms with Crippen LogP contribution in [0.4, 0.5) is 4.39 Å². The van der Waals surface area contributed by atoms with E-state index in [1.165, 1.54) is 17.1 Å². The zero-order valence-corrected chi connectivity index (χ0v) is 15.1. The molecule has 0 bridgehead atoms. The molecule has 2 amide bonds. The topological polar surface area (TPSA) is 93.0 Å². The van der Waals surface area contributed by atoms with Crippen molar-refractivity contribution in [3.63, 3.8) is 0 Å². The molecule has 144 valence electrons. The van der Waals surface area contributed by atoms with E-state index in [0.717, 1.165) is 19.4 Å². The molecule has 1 atom stereocenters. The number of hydrogen-bond donors (Lipinski definition) is 1. The Labute approximate surface area is 156 Å². The number of piperidine rings is 1. The summed E-state index contributed by atoms with van der Waals surface area (Å²) in [5, 5.41) is 13.5. The molecule has 1 aliphatic heterocycles. The van der Waals surface area contributed by atoms with Gasteiger partial charge in [-0.1, -0.05) is 18.2 Å². The molecule has 0 radical (unpaired) electrons. The lowest BCUT2D eigenvalue weighted by atomic mass is 9.93. The Kier molecular flexibility index (Phi) is 6.45. The normalized spacial score (nSPS) is 16.9. The van der Waals surface area contributed by atoms with Gasteiger partial charge in [0.25, 0.3) is 0 Å². The fourth-order valence-corrected chi connectivity index (χ4v) is 3.28. The van der Waals surface area contributed by atoms with Crippen LogP contribution >= 0.6 is 0 Å². The van der Waals surface area contributed by atoms with Gasteiger partial charge in [0.1, 0.15) is 18.7 Å². The molecule has 1 aromatic heterocycles. The summed E-state index contributed by atoms with van der Waals surface area (Å²) in [4.78, 5) is 26.2. The number of nitrogens with one attached hydrogen (secondary N) is 1. The monoisotopic (exact) mass is 374 g/mol. The van der Waals surface area contributed by atoms with E-state index in [1.54, 1.807) is 18.2 Å². The van der Waals surface area contributed by atoms with E-state index in [9.17, 15) is 14.0 Å². The molecule has 0 saturated carbocycles. The maximum atomic E-state index is 13.6. The number of benzene rings is 1. The van der Waals surface area contributed by atoms with Gasteiger partial charge in [-0.25, -0.2) is 9.07 Å². The highest BCUT2D eigenvalue weighted by atomic mass is 19.1. The first-order chi connectivity index (χ1) is 13.1. The predicted molar refractivity (Wildman–Crippen MR) is 94.6 cm³/mol. The zero-order valence-electron chi connectivity index (χ0n) is 15.1. The van der Waals surface area contributed by atoms with Crippen LogP contribution in [0, 0.1) is 11.7 Å². The maximum absolute atomic E-state index is 13.6. The van der Waals surface area contributed by atoms with Crippen LogP contribution in [0.3, 0.4) is 0 Å². The Morgan fingerprint density at radius 2 is 2.15 bits per heavy atom. The average Bonchev–Trinajstić information content (AvgIpc) is 3.19. The Balaban J connectivity index is 1.40. The second-order valence-corrected chi connectivity index (χ2v) is 6.76. The summed E-state index contributed by atoms with van der Waals surface area (Å²) < 4.78 is 15.0. The van der Waals surface area contributed by atoms with E-state index in [1.807, 2.05) is 4.90 Å². The van der Waals surface area contributed by atoms with Crippen LogP contribution < -0.4 is 5.32 Å². The molecule has 0 unspecified atom stereocenters. The van der Waals surface area contributed by atoms with Crippen molar-refractivity contribution in [1.82, 2.24) is 30.4 Å². The van der Waals surface area contributed by atoms with E-state index in [-0.39, 0.29) is 36.6 Å². The third kappa shape index (κ3) is 5.57. The van der Waals surface area contributed by atoms with Crippen molar-refractivity contribution in [2.45, 2.75) is 38.8 Å². The predicted octanol–water partition coefficient (Wildman–Crippen LogP) is 1.15. The Morgan fingerprint density at radius 1 is 1.30 bits per heavy atom. The van der Waals surface area contributed by atoms with Crippen LogP contribution in [0.15, 0.2) is 30.6 Å². The quantitative estimate of drug-likeness (QED) is 0.785. The molecular formula is C18H23FN6O2. The number of likely N-dealkylation sites (tertiary alicyclic amines) is 1. The Morgan fingerprint density at radius 3 is 2.93 bits per heavy atom. The average molecular weight is 374 g/mol. The van der Waals surface area contributed by atoms with Crippen LogP contribution in [0.5, 0.6) is 0 Å². The van der Waals surface area contributed by atoms with Gasteiger partial charge in [0, 0.05) is 31.6 Å². The fourth-order valence-electron chi connectivity index (χ4n) is 3.28. The van der Waals surface area contributed by atoms with Crippen molar-refractivity contribution in [1.29, 1.82) is 0 Å². The molecule has 2 heterocycles. The molecule has 1 aliphatic rings. The van der Waals surface area contributed by atoms with Gasteiger partial charge < -0.3 is 10.2 Å². The van der Waals surface area contributed by atoms with Crippen LogP contribution in [-0.2, 0) is 22.7 Å². The number of aromatic nitrogens is 4. The molecule has 27 heavy (non-hydrogen) atoms. The standard InChI is InChI=1S/C18H23FN6O2/c19-16-6-2-1-5-15(16)10-20-17(26)8-7-14-4-3-9-24(11-14)18(27)12-25-13-21-22-23-25/h1-2,5-6,13-14H,3-4,7-12H2,(H,20,26)/t14-/m0/s1. The molecule has 2 aromatic rings. The van der Waals surface area contributed by atoms with E-state index in [0.29, 0.717) is 24.9 Å². The number of hydrogen-bond acceptors (Lipinski definition) is 5. The highest BCUT2D eigenvalue weighted by Crippen LogP contribution is 2.21. The van der Waals surface area contributed by atoms with Gasteiger partial charge in [-0.15, -0.1) is 5.10 Å². The summed E-state index contributed by atoms with van der Waals surface area (Å²) in [5.74, 6) is -0.149. The lowest BCUT2D eigenvalue weighted by molar-refractivity contribution is -0.133. The smallest absolute Gasteiger partial charge is 0.244 e. The molecule has 0 aliphatic carbocycles. The molecule has 1 saturated heterocycles. The van der Waals surface area contributed by atoms with Gasteiger partial charge in [-0.2, -0.15) is 0 Å². The second-order valence-electron chi connectivity index (χ2n) is 6.76. The van der Waals surface area contributed by atoms with Crippen molar-refractivity contribution in [3.05, 3.63) is 42.0 Å². The van der Waals surface area contributed by atoms with Crippen molar-refractivity contribution >= 4 is 11.8 Å². The number of halogens is 1. The van der Waals surface area contributed by atoms with Gasteiger partial charge in [0.2, 0.25) is 11.8 Å². The number of nitrogens with zero attached hydrogens (tertiary/aromatic N) is 5. The van der Waals surface area contributed by atoms with Gasteiger partial charge in [0.15, 0.2) is 0 Å². The molecular weight excluding hydrogens is 351 g/mol. The van der Waals surface area contributed by atoms with Gasteiger partial charge in [0.05, 0.1) is 0 Å². The van der Waals surface area contributed by atoms with Gasteiger partial charge in [-0.05, 0) is 41.7 Å². The largest absolute Gasteiger partial charge is 0.352 e. The second kappa shape index (κ2) is 9.20. The molecule has 1 fully saturated rings. The number of tetrazole rings is 1. The minimum atomic E-state index is -0.318. The maximum Gasteiger partial charge on any atom is 0.244 e. The third-order valence-electron chi connectivity index (χ3n) is 4.77. The van der Waals surface area contributed by atoms with Crippen molar-refractivity contribution in [2.24, 2.45) is 5.92 Å². The Hall–Kier alpha value is -2.84. The molecule has 3 rings (SSSR count). The van der Waals surface area contributed by atoms with E-state index >= 15 is 0 Å². The third-order valence-corrected chi connectivity index (χ3v) is 4.77. The lowest BCUT2D eigenvalue weighted by Crippen LogP contribution is -2.42. The zero-order chi connectivity index (χ0) is 19.1. The summed E-state index contributed by atoms with van der Waals surface area (Å²) >= 11 is 0. The number of amides is 2. The van der Waals surface area contributed by atoms with Gasteiger partial charge in [-0.3, -0.25) is 9.59 Å². The molecule has 1 aromatic carbocycles. The fraction of sp³-hybridized carbons (Fsp3) is 0.500. The molecule has 0 spiro atoms. The van der Waals surface area contributed by atoms with Crippen LogP contribution in [-0.4, -0.2) is 50.0 Å². The first kappa shape index (κ1) is 18.9. The number of rotatable bonds is 7. The van der Waals surface area contributed by atoms with E-state index in [2.05, 4.69) is 20.8 Å². The summed E-state index contributed by atoms with van der Waals surface area (Å²) in [6.45, 7) is 1.67. The van der Waals surface area contributed by atoms with Crippen LogP contribution in [0.2, 0.25) is 0 Å². The van der Waals surface area contributed by atoms with Crippen molar-refractivity contribution < 1.29 is 14.0 Å². The van der Waals surface area contributed by atoms with Crippen LogP contribution in [0.25, 0.3) is 0 Å². The summed E-state index contributed by atoms with van der Waals surface area (Å²) in [7, 11) is 0. The lowest BCUT2D eigenvalue weighted by Gasteiger charge is -2.32. The van der Waals surface area contributed by atoms with Crippen LogP contribution in [0.1, 0.15) is 31.2 Å². The number of carbonyl (C=O) groups excluding carboxylic acids is 2. The SMILES string of the molecule is O=C(CC[C@@H]1CCCN(C(=O)Cn2cnnn2)C1)NCc1ccccc1F. The highest BCUT2D eigenvalue weighted by molar-refractivity contribution is 5.76. The first-order valence-corrected chi connectivity index (χ1v) is 9.10. The highest BCUT2D eigenvalue weighted by Gasteiger charge is 2.24. The Bertz CT molecular complexity index is 767. The van der Waals surface area contributed by atoms with Crippen molar-refractivity contribution in [3.8, 4) is 0 Å². The van der Waals surface area contributed by atoms with E-state index < -0.39 is 0 Å².